The van der Waals surface area contributed by atoms with Gasteiger partial charge in [0.25, 0.3) is 0 Å². The van der Waals surface area contributed by atoms with Crippen LogP contribution in [0.2, 0.25) is 0 Å². The van der Waals surface area contributed by atoms with Crippen molar-refractivity contribution in [2.45, 2.75) is 13.5 Å². The minimum absolute atomic E-state index is 0.155. The molecular weight excluding hydrogens is 308 g/mol. The molecule has 2 aromatic rings. The molecule has 1 aromatic carbocycles. The maximum Gasteiger partial charge on any atom is 0.339 e. The van der Waals surface area contributed by atoms with E-state index in [9.17, 15) is 4.79 Å². The van der Waals surface area contributed by atoms with Crippen LogP contribution in [-0.2, 0) is 6.54 Å². The Kier molecular flexibility index (Phi) is 4.16. The van der Waals surface area contributed by atoms with Gasteiger partial charge in [0.2, 0.25) is 0 Å². The zero-order valence-corrected chi connectivity index (χ0v) is 11.9. The highest BCUT2D eigenvalue weighted by molar-refractivity contribution is 9.10. The highest BCUT2D eigenvalue weighted by Gasteiger charge is 2.11. The lowest BCUT2D eigenvalue weighted by Crippen LogP contribution is -2.08. The van der Waals surface area contributed by atoms with E-state index < -0.39 is 5.97 Å². The Morgan fingerprint density at radius 3 is 2.89 bits per heavy atom. The summed E-state index contributed by atoms with van der Waals surface area (Å²) in [5.41, 5.74) is 2.41. The third-order valence-corrected chi connectivity index (χ3v) is 3.06. The van der Waals surface area contributed by atoms with Gasteiger partial charge in [0.15, 0.2) is 0 Å². The molecule has 0 fully saturated rings. The van der Waals surface area contributed by atoms with Gasteiger partial charge in [0, 0.05) is 17.2 Å². The summed E-state index contributed by atoms with van der Waals surface area (Å²) in [7, 11) is 0. The summed E-state index contributed by atoms with van der Waals surface area (Å²) in [6.07, 6.45) is 1.57. The van der Waals surface area contributed by atoms with Crippen LogP contribution in [0.5, 0.6) is 0 Å². The Balaban J connectivity index is 2.17. The second-order valence-electron chi connectivity index (χ2n) is 4.20. The van der Waals surface area contributed by atoms with Crippen molar-refractivity contribution in [1.29, 1.82) is 0 Å². The number of nitrogens with zero attached hydrogens (tertiary/aromatic N) is 1. The van der Waals surface area contributed by atoms with Crippen LogP contribution < -0.4 is 5.32 Å². The van der Waals surface area contributed by atoms with Crippen molar-refractivity contribution >= 4 is 27.7 Å². The zero-order valence-electron chi connectivity index (χ0n) is 10.4. The maximum absolute atomic E-state index is 11.1. The van der Waals surface area contributed by atoms with E-state index >= 15 is 0 Å². The smallest absolute Gasteiger partial charge is 0.339 e. The fourth-order valence-corrected chi connectivity index (χ4v) is 2.08. The molecule has 5 heteroatoms. The first kappa shape index (κ1) is 13.5. The topological polar surface area (TPSA) is 62.2 Å². The number of hydrogen-bond acceptors (Lipinski definition) is 3. The van der Waals surface area contributed by atoms with Crippen LogP contribution in [0, 0.1) is 6.92 Å². The van der Waals surface area contributed by atoms with Crippen molar-refractivity contribution in [2.75, 3.05) is 5.32 Å². The number of carbonyl (C=O) groups is 1. The highest BCUT2D eigenvalue weighted by atomic mass is 79.9. The summed E-state index contributed by atoms with van der Waals surface area (Å²) in [5, 5.41) is 12.2. The molecule has 0 atom stereocenters. The lowest BCUT2D eigenvalue weighted by atomic mass is 10.1. The second kappa shape index (κ2) is 5.84. The Bertz CT molecular complexity index is 614. The quantitative estimate of drug-likeness (QED) is 0.905. The molecule has 0 saturated carbocycles. The summed E-state index contributed by atoms with van der Waals surface area (Å²) in [6.45, 7) is 2.56. The largest absolute Gasteiger partial charge is 0.478 e. The number of aromatic nitrogens is 1. The molecule has 0 unspecified atom stereocenters. The first-order valence-electron chi connectivity index (χ1n) is 5.74. The molecule has 1 heterocycles. The average Bonchev–Trinajstić information content (AvgIpc) is 2.37. The Labute approximate surface area is 119 Å². The summed E-state index contributed by atoms with van der Waals surface area (Å²) >= 11 is 3.22. The van der Waals surface area contributed by atoms with Gasteiger partial charge in [0.1, 0.15) is 11.4 Å². The van der Waals surface area contributed by atoms with E-state index in [1.54, 1.807) is 6.20 Å². The second-order valence-corrected chi connectivity index (χ2v) is 5.11. The van der Waals surface area contributed by atoms with Crippen LogP contribution in [0.15, 0.2) is 41.0 Å². The van der Waals surface area contributed by atoms with Gasteiger partial charge in [-0.2, -0.15) is 0 Å². The monoisotopic (exact) mass is 320 g/mol. The van der Waals surface area contributed by atoms with Crippen LogP contribution >= 0.6 is 15.9 Å². The number of aryl methyl sites for hydroxylation is 1. The van der Waals surface area contributed by atoms with E-state index in [4.69, 9.17) is 5.11 Å². The summed E-state index contributed by atoms with van der Waals surface area (Å²) < 4.78 is 0.644. The van der Waals surface area contributed by atoms with Gasteiger partial charge in [-0.1, -0.05) is 29.8 Å². The lowest BCUT2D eigenvalue weighted by molar-refractivity contribution is 0.0697. The van der Waals surface area contributed by atoms with Crippen LogP contribution in [0.3, 0.4) is 0 Å². The molecule has 19 heavy (non-hydrogen) atoms. The zero-order chi connectivity index (χ0) is 13.8. The van der Waals surface area contributed by atoms with E-state index in [1.807, 2.05) is 31.2 Å². The van der Waals surface area contributed by atoms with Gasteiger partial charge in [-0.3, -0.25) is 0 Å². The Hall–Kier alpha value is -1.88. The predicted octanol–water partition coefficient (Wildman–Crippen LogP) is 3.46. The van der Waals surface area contributed by atoms with Gasteiger partial charge in [-0.15, -0.1) is 0 Å². The Morgan fingerprint density at radius 2 is 2.21 bits per heavy atom. The van der Waals surface area contributed by atoms with E-state index in [0.29, 0.717) is 16.8 Å². The number of aromatic carboxylic acids is 1. The van der Waals surface area contributed by atoms with E-state index in [-0.39, 0.29) is 5.56 Å². The standard InChI is InChI=1S/C14H13BrN2O2/c1-9-3-2-4-10(5-9)7-16-13-12(14(18)19)6-11(15)8-17-13/h2-6,8H,7H2,1H3,(H,16,17)(H,18,19). The van der Waals surface area contributed by atoms with Gasteiger partial charge in [-0.05, 0) is 34.5 Å². The molecular formula is C14H13BrN2O2. The third kappa shape index (κ3) is 3.54. The minimum Gasteiger partial charge on any atom is -0.478 e. The van der Waals surface area contributed by atoms with Gasteiger partial charge >= 0.3 is 5.97 Å². The first-order valence-corrected chi connectivity index (χ1v) is 6.54. The Morgan fingerprint density at radius 1 is 1.42 bits per heavy atom. The van der Waals surface area contributed by atoms with Crippen LogP contribution in [0.4, 0.5) is 5.82 Å². The molecule has 2 rings (SSSR count). The molecule has 1 aromatic heterocycles. The highest BCUT2D eigenvalue weighted by Crippen LogP contribution is 2.18. The number of nitrogens with one attached hydrogen (secondary N) is 1. The third-order valence-electron chi connectivity index (χ3n) is 2.63. The molecule has 0 saturated heterocycles. The molecule has 2 N–H and O–H groups in total. The fourth-order valence-electron chi connectivity index (χ4n) is 1.75. The molecule has 0 spiro atoms. The van der Waals surface area contributed by atoms with Gasteiger partial charge in [0.05, 0.1) is 0 Å². The predicted molar refractivity (Wildman–Crippen MR) is 77.4 cm³/mol. The van der Waals surface area contributed by atoms with Crippen LogP contribution in [0.25, 0.3) is 0 Å². The number of benzene rings is 1. The van der Waals surface area contributed by atoms with Crippen molar-refractivity contribution in [3.63, 3.8) is 0 Å². The molecule has 0 amide bonds. The van der Waals surface area contributed by atoms with Crippen molar-refractivity contribution in [3.05, 3.63) is 57.7 Å². The SMILES string of the molecule is Cc1cccc(CNc2ncc(Br)cc2C(=O)O)c1. The van der Waals surface area contributed by atoms with Gasteiger partial charge < -0.3 is 10.4 Å². The summed E-state index contributed by atoms with van der Waals surface area (Å²) in [6, 6.07) is 9.56. The van der Waals surface area contributed by atoms with E-state index in [1.165, 1.54) is 11.6 Å². The number of carboxylic acid groups (broad SMARTS) is 1. The molecule has 0 radical (unpaired) electrons. The van der Waals surface area contributed by atoms with Crippen LogP contribution in [0.1, 0.15) is 21.5 Å². The number of rotatable bonds is 4. The minimum atomic E-state index is -0.999. The number of hydrogen-bond donors (Lipinski definition) is 2. The first-order chi connectivity index (χ1) is 9.06. The fraction of sp³-hybridized carbons (Fsp3) is 0.143. The molecule has 0 aliphatic carbocycles. The molecule has 98 valence electrons. The normalized spacial score (nSPS) is 10.2. The van der Waals surface area contributed by atoms with Crippen molar-refractivity contribution in [1.82, 2.24) is 4.98 Å². The lowest BCUT2D eigenvalue weighted by Gasteiger charge is -2.09. The van der Waals surface area contributed by atoms with Crippen molar-refractivity contribution in [2.24, 2.45) is 0 Å². The maximum atomic E-state index is 11.1. The molecule has 0 aliphatic heterocycles. The number of pyridine rings is 1. The average molecular weight is 321 g/mol. The van der Waals surface area contributed by atoms with E-state index in [0.717, 1.165) is 5.56 Å². The van der Waals surface area contributed by atoms with Crippen molar-refractivity contribution < 1.29 is 9.90 Å². The molecule has 0 bridgehead atoms. The van der Waals surface area contributed by atoms with Crippen LogP contribution in [-0.4, -0.2) is 16.1 Å². The number of halogens is 1. The molecule has 4 nitrogen and oxygen atoms in total. The summed E-state index contributed by atoms with van der Waals surface area (Å²) in [4.78, 5) is 15.2. The molecule has 0 aliphatic rings. The summed E-state index contributed by atoms with van der Waals surface area (Å²) in [5.74, 6) is -0.627. The van der Waals surface area contributed by atoms with Gasteiger partial charge in [-0.25, -0.2) is 9.78 Å². The number of carboxylic acids is 1. The number of anilines is 1. The van der Waals surface area contributed by atoms with E-state index in [2.05, 4.69) is 26.2 Å². The van der Waals surface area contributed by atoms with Crippen molar-refractivity contribution in [3.8, 4) is 0 Å².